The fourth-order valence-electron chi connectivity index (χ4n) is 1.98. The van der Waals surface area contributed by atoms with Crippen LogP contribution in [0.1, 0.15) is 21.1 Å². The number of thiophene rings is 1. The Morgan fingerprint density at radius 2 is 2.33 bits per heavy atom. The Morgan fingerprint density at radius 1 is 1.48 bits per heavy atom. The topological polar surface area (TPSA) is 58.8 Å². The predicted octanol–water partition coefficient (Wildman–Crippen LogP) is 3.12. The molecule has 7 heteroatoms. The van der Waals surface area contributed by atoms with Crippen LogP contribution in [0.15, 0.2) is 40.9 Å². The lowest BCUT2D eigenvalue weighted by molar-refractivity contribution is 0.0948. The van der Waals surface area contributed by atoms with Crippen molar-refractivity contribution in [3.05, 3.63) is 57.1 Å². The van der Waals surface area contributed by atoms with Crippen LogP contribution in [-0.4, -0.2) is 21.5 Å². The Morgan fingerprint density at radius 3 is 3.10 bits per heavy atom. The zero-order chi connectivity index (χ0) is 14.8. The quantitative estimate of drug-likeness (QED) is 0.596. The molecule has 3 aromatic heterocycles. The molecular weight excluding hydrogens is 308 g/mol. The van der Waals surface area contributed by atoms with E-state index in [2.05, 4.69) is 15.5 Å². The van der Waals surface area contributed by atoms with E-state index >= 15 is 0 Å². The summed E-state index contributed by atoms with van der Waals surface area (Å²) in [6.07, 6.45) is 3.27. The molecule has 0 fully saturated rings. The minimum atomic E-state index is -0.324. The molecule has 0 radical (unpaired) electrons. The molecule has 0 atom stereocenters. The van der Waals surface area contributed by atoms with Gasteiger partial charge in [0.25, 0.3) is 5.91 Å². The van der Waals surface area contributed by atoms with Gasteiger partial charge in [-0.25, -0.2) is 10.4 Å². The highest BCUT2D eigenvalue weighted by molar-refractivity contribution is 7.11. The summed E-state index contributed by atoms with van der Waals surface area (Å²) in [5.74, 6) is -0.324. The summed E-state index contributed by atoms with van der Waals surface area (Å²) < 4.78 is 1.66. The van der Waals surface area contributed by atoms with Crippen LogP contribution in [0.3, 0.4) is 0 Å². The first-order chi connectivity index (χ1) is 10.1. The van der Waals surface area contributed by atoms with Crippen molar-refractivity contribution in [1.29, 1.82) is 0 Å². The Balaban J connectivity index is 1.87. The summed E-state index contributed by atoms with van der Waals surface area (Å²) in [5, 5.41) is 6.43. The van der Waals surface area contributed by atoms with E-state index in [0.29, 0.717) is 22.1 Å². The Bertz CT molecular complexity index is 823. The maximum Gasteiger partial charge on any atom is 0.290 e. The van der Waals surface area contributed by atoms with Crippen LogP contribution in [0.4, 0.5) is 0 Å². The maximum absolute atomic E-state index is 12.3. The average Bonchev–Trinajstić information content (AvgIpc) is 3.05. The lowest BCUT2D eigenvalue weighted by atomic mass is 10.3. The molecule has 0 aromatic carbocycles. The number of aromatic nitrogens is 2. The molecule has 0 aliphatic carbocycles. The molecule has 106 valence electrons. The molecular formula is C14H11ClN4OS. The zero-order valence-corrected chi connectivity index (χ0v) is 12.6. The number of hydrogen-bond donors (Lipinski definition) is 1. The van der Waals surface area contributed by atoms with Gasteiger partial charge in [-0.1, -0.05) is 17.7 Å². The molecule has 0 spiro atoms. The third kappa shape index (κ3) is 2.81. The van der Waals surface area contributed by atoms with Crippen molar-refractivity contribution in [2.45, 2.75) is 6.92 Å². The highest BCUT2D eigenvalue weighted by Crippen LogP contribution is 2.16. The first kappa shape index (κ1) is 13.8. The second-order valence-corrected chi connectivity index (χ2v) is 5.75. The van der Waals surface area contributed by atoms with Gasteiger partial charge in [0.1, 0.15) is 11.3 Å². The van der Waals surface area contributed by atoms with Crippen molar-refractivity contribution < 1.29 is 4.79 Å². The monoisotopic (exact) mass is 318 g/mol. The Labute approximate surface area is 129 Å². The van der Waals surface area contributed by atoms with Gasteiger partial charge >= 0.3 is 0 Å². The van der Waals surface area contributed by atoms with Gasteiger partial charge in [0, 0.05) is 11.1 Å². The average molecular weight is 319 g/mol. The van der Waals surface area contributed by atoms with Gasteiger partial charge < -0.3 is 0 Å². The standard InChI is InChI=1S/C14H11ClN4OS/c1-9-13(19-8-10(15)4-5-12(19)17-9)14(20)18-16-7-11-3-2-6-21-11/h2-8H,1H3,(H,18,20)/b16-7+. The van der Waals surface area contributed by atoms with E-state index in [-0.39, 0.29) is 5.91 Å². The summed E-state index contributed by atoms with van der Waals surface area (Å²) in [6, 6.07) is 7.34. The van der Waals surface area contributed by atoms with Crippen molar-refractivity contribution >= 4 is 40.7 Å². The maximum atomic E-state index is 12.3. The molecule has 1 N–H and O–H groups in total. The van der Waals surface area contributed by atoms with E-state index in [0.717, 1.165) is 4.88 Å². The largest absolute Gasteiger partial charge is 0.294 e. The summed E-state index contributed by atoms with van der Waals surface area (Å²) in [6.45, 7) is 1.78. The number of rotatable bonds is 3. The summed E-state index contributed by atoms with van der Waals surface area (Å²) >= 11 is 7.51. The lowest BCUT2D eigenvalue weighted by Crippen LogP contribution is -2.20. The highest BCUT2D eigenvalue weighted by atomic mass is 35.5. The molecule has 0 saturated heterocycles. The van der Waals surface area contributed by atoms with E-state index in [1.807, 2.05) is 17.5 Å². The third-order valence-corrected chi connectivity index (χ3v) is 3.90. The smallest absolute Gasteiger partial charge is 0.290 e. The lowest BCUT2D eigenvalue weighted by Gasteiger charge is -2.01. The molecule has 0 bridgehead atoms. The van der Waals surface area contributed by atoms with E-state index in [4.69, 9.17) is 11.6 Å². The molecule has 21 heavy (non-hydrogen) atoms. The molecule has 3 rings (SSSR count). The number of hydrogen-bond acceptors (Lipinski definition) is 4. The van der Waals surface area contributed by atoms with Gasteiger partial charge in [0.05, 0.1) is 16.9 Å². The van der Waals surface area contributed by atoms with Gasteiger partial charge in [-0.2, -0.15) is 5.10 Å². The minimum absolute atomic E-state index is 0.324. The molecule has 0 aliphatic heterocycles. The van der Waals surface area contributed by atoms with Crippen LogP contribution in [0.2, 0.25) is 5.02 Å². The van der Waals surface area contributed by atoms with Crippen molar-refractivity contribution in [1.82, 2.24) is 14.8 Å². The zero-order valence-electron chi connectivity index (χ0n) is 11.1. The van der Waals surface area contributed by atoms with Crippen LogP contribution in [0, 0.1) is 6.92 Å². The minimum Gasteiger partial charge on any atom is -0.294 e. The van der Waals surface area contributed by atoms with E-state index < -0.39 is 0 Å². The molecule has 5 nitrogen and oxygen atoms in total. The highest BCUT2D eigenvalue weighted by Gasteiger charge is 2.16. The van der Waals surface area contributed by atoms with Gasteiger partial charge in [-0.15, -0.1) is 11.3 Å². The van der Waals surface area contributed by atoms with Crippen molar-refractivity contribution in [2.75, 3.05) is 0 Å². The third-order valence-electron chi connectivity index (χ3n) is 2.87. The first-order valence-corrected chi connectivity index (χ1v) is 7.42. The van der Waals surface area contributed by atoms with Crippen molar-refractivity contribution in [3.8, 4) is 0 Å². The van der Waals surface area contributed by atoms with Crippen LogP contribution in [-0.2, 0) is 0 Å². The van der Waals surface area contributed by atoms with Gasteiger partial charge in [-0.05, 0) is 30.5 Å². The summed E-state index contributed by atoms with van der Waals surface area (Å²) in [4.78, 5) is 17.5. The number of carbonyl (C=O) groups is 1. The fraction of sp³-hybridized carbons (Fsp3) is 0.0714. The number of carbonyl (C=O) groups excluding carboxylic acids is 1. The number of halogens is 1. The van der Waals surface area contributed by atoms with Gasteiger partial charge in [0.2, 0.25) is 0 Å². The second kappa shape index (κ2) is 5.67. The number of amides is 1. The first-order valence-electron chi connectivity index (χ1n) is 6.16. The summed E-state index contributed by atoms with van der Waals surface area (Å²) in [7, 11) is 0. The molecule has 3 aromatic rings. The van der Waals surface area contributed by atoms with Crippen LogP contribution in [0.5, 0.6) is 0 Å². The van der Waals surface area contributed by atoms with Crippen LogP contribution in [0.25, 0.3) is 5.65 Å². The summed E-state index contributed by atoms with van der Waals surface area (Å²) in [5.41, 5.74) is 4.23. The Kier molecular flexibility index (Phi) is 3.72. The molecule has 0 saturated carbocycles. The molecule has 1 amide bonds. The predicted molar refractivity (Wildman–Crippen MR) is 84.3 cm³/mol. The van der Waals surface area contributed by atoms with Crippen molar-refractivity contribution in [2.24, 2.45) is 5.10 Å². The van der Waals surface area contributed by atoms with Crippen molar-refractivity contribution in [3.63, 3.8) is 0 Å². The number of fused-ring (bicyclic) bond motifs is 1. The van der Waals surface area contributed by atoms with Gasteiger partial charge in [0.15, 0.2) is 0 Å². The molecule has 3 heterocycles. The van der Waals surface area contributed by atoms with Crippen LogP contribution >= 0.6 is 22.9 Å². The number of imidazole rings is 1. The van der Waals surface area contributed by atoms with E-state index in [1.54, 1.807) is 47.2 Å². The Hall–Kier alpha value is -2.18. The van der Waals surface area contributed by atoms with E-state index in [9.17, 15) is 4.79 Å². The number of aryl methyl sites for hydroxylation is 1. The number of nitrogens with one attached hydrogen (secondary N) is 1. The van der Waals surface area contributed by atoms with Crippen LogP contribution < -0.4 is 5.43 Å². The fourth-order valence-corrected chi connectivity index (χ4v) is 2.73. The number of hydrazone groups is 1. The molecule has 0 unspecified atom stereocenters. The van der Waals surface area contributed by atoms with Gasteiger partial charge in [-0.3, -0.25) is 9.20 Å². The SMILES string of the molecule is Cc1nc2ccc(Cl)cn2c1C(=O)N/N=C/c1cccs1. The second-order valence-electron chi connectivity index (χ2n) is 4.34. The molecule has 0 aliphatic rings. The van der Waals surface area contributed by atoms with E-state index in [1.165, 1.54) is 0 Å². The number of pyridine rings is 1. The number of nitrogens with zero attached hydrogens (tertiary/aromatic N) is 3. The normalized spacial score (nSPS) is 11.3.